The minimum atomic E-state index is -1.08. The lowest BCUT2D eigenvalue weighted by molar-refractivity contribution is 0.0491. The van der Waals surface area contributed by atoms with Crippen LogP contribution in [0.15, 0.2) is 30.3 Å². The Labute approximate surface area is 166 Å². The zero-order valence-corrected chi connectivity index (χ0v) is 16.5. The highest BCUT2D eigenvalue weighted by atomic mass is 32.1. The van der Waals surface area contributed by atoms with Crippen molar-refractivity contribution in [3.63, 3.8) is 0 Å². The fraction of sp³-hybridized carbons (Fsp3) is 0.200. The van der Waals surface area contributed by atoms with E-state index < -0.39 is 6.09 Å². The Kier molecular flexibility index (Phi) is 6.13. The summed E-state index contributed by atoms with van der Waals surface area (Å²) in [6, 6.07) is 9.28. The van der Waals surface area contributed by atoms with E-state index in [0.29, 0.717) is 17.2 Å². The van der Waals surface area contributed by atoms with Gasteiger partial charge < -0.3 is 19.3 Å². The second-order valence-electron chi connectivity index (χ2n) is 5.91. The second-order valence-corrected chi connectivity index (χ2v) is 6.97. The van der Waals surface area contributed by atoms with E-state index in [1.807, 2.05) is 43.3 Å². The summed E-state index contributed by atoms with van der Waals surface area (Å²) in [5.41, 5.74) is 3.16. The highest BCUT2D eigenvalue weighted by Crippen LogP contribution is 2.31. The Bertz CT molecular complexity index is 1030. The van der Waals surface area contributed by atoms with Gasteiger partial charge in [0.25, 0.3) is 0 Å². The number of benzene rings is 2. The second kappa shape index (κ2) is 8.73. The van der Waals surface area contributed by atoms with Gasteiger partial charge in [0.05, 0.1) is 17.3 Å². The molecule has 0 unspecified atom stereocenters. The summed E-state index contributed by atoms with van der Waals surface area (Å²) in [6.45, 7) is 1.99. The Morgan fingerprint density at radius 1 is 1.21 bits per heavy atom. The molecule has 0 aliphatic rings. The lowest BCUT2D eigenvalue weighted by Crippen LogP contribution is -2.08. The van der Waals surface area contributed by atoms with Gasteiger partial charge in [-0.05, 0) is 48.4 Å². The number of aryl methyl sites for hydroxylation is 1. The standard InChI is InChI=1S/C20H20N2O5S/c1-12-8-15-18(10-14(12)22-20(23)24)28-19(21-15)7-5-13-4-6-16(27-11-25-2)17(9-13)26-3/h4-10,22H,11H2,1-3H3,(H,23,24)/b7-5+. The fourth-order valence-corrected chi connectivity index (χ4v) is 3.51. The summed E-state index contributed by atoms with van der Waals surface area (Å²) in [4.78, 5) is 15.5. The number of aromatic nitrogens is 1. The van der Waals surface area contributed by atoms with Gasteiger partial charge in [-0.2, -0.15) is 0 Å². The summed E-state index contributed by atoms with van der Waals surface area (Å²) in [7, 11) is 3.14. The van der Waals surface area contributed by atoms with Crippen molar-refractivity contribution in [2.24, 2.45) is 0 Å². The summed E-state index contributed by atoms with van der Waals surface area (Å²) < 4.78 is 16.6. The molecule has 2 N–H and O–H groups in total. The third-order valence-corrected chi connectivity index (χ3v) is 4.91. The number of anilines is 1. The van der Waals surface area contributed by atoms with Crippen LogP contribution < -0.4 is 14.8 Å². The molecule has 2 aromatic carbocycles. The molecular weight excluding hydrogens is 380 g/mol. The van der Waals surface area contributed by atoms with Gasteiger partial charge in [0, 0.05) is 12.8 Å². The maximum Gasteiger partial charge on any atom is 0.409 e. The van der Waals surface area contributed by atoms with Gasteiger partial charge in [0.15, 0.2) is 18.3 Å². The third kappa shape index (κ3) is 4.59. The Hall–Kier alpha value is -3.10. The monoisotopic (exact) mass is 400 g/mol. The van der Waals surface area contributed by atoms with Crippen LogP contribution in [0, 0.1) is 6.92 Å². The summed E-state index contributed by atoms with van der Waals surface area (Å²) in [6.07, 6.45) is 2.76. The first kappa shape index (κ1) is 19.7. The van der Waals surface area contributed by atoms with E-state index in [9.17, 15) is 4.79 Å². The van der Waals surface area contributed by atoms with E-state index >= 15 is 0 Å². The van der Waals surface area contributed by atoms with Crippen LogP contribution in [0.4, 0.5) is 10.5 Å². The molecule has 0 fully saturated rings. The van der Waals surface area contributed by atoms with Crippen molar-refractivity contribution in [3.05, 3.63) is 46.5 Å². The molecule has 1 amide bonds. The van der Waals surface area contributed by atoms with Gasteiger partial charge in [-0.15, -0.1) is 11.3 Å². The van der Waals surface area contributed by atoms with E-state index in [2.05, 4.69) is 10.3 Å². The van der Waals surface area contributed by atoms with Gasteiger partial charge in [-0.1, -0.05) is 12.1 Å². The number of rotatable bonds is 7. The first-order valence-corrected chi connectivity index (χ1v) is 9.21. The van der Waals surface area contributed by atoms with Crippen LogP contribution in [-0.2, 0) is 4.74 Å². The lowest BCUT2D eigenvalue weighted by atomic mass is 10.2. The third-order valence-electron chi connectivity index (χ3n) is 3.93. The first-order chi connectivity index (χ1) is 13.5. The van der Waals surface area contributed by atoms with Crippen molar-refractivity contribution in [1.82, 2.24) is 4.98 Å². The van der Waals surface area contributed by atoms with E-state index in [1.54, 1.807) is 20.3 Å². The molecule has 0 aliphatic carbocycles. The van der Waals surface area contributed by atoms with Crippen molar-refractivity contribution in [2.75, 3.05) is 26.3 Å². The number of nitrogens with one attached hydrogen (secondary N) is 1. The SMILES string of the molecule is COCOc1ccc(/C=C/c2nc3cc(C)c(NC(=O)O)cc3s2)cc1OC. The number of methoxy groups -OCH3 is 2. The zero-order chi connectivity index (χ0) is 20.1. The Morgan fingerprint density at radius 3 is 2.75 bits per heavy atom. The summed E-state index contributed by atoms with van der Waals surface area (Å²) in [5, 5.41) is 12.2. The van der Waals surface area contributed by atoms with Crippen LogP contribution in [0.2, 0.25) is 0 Å². The lowest BCUT2D eigenvalue weighted by Gasteiger charge is -2.10. The zero-order valence-electron chi connectivity index (χ0n) is 15.7. The van der Waals surface area contributed by atoms with E-state index in [1.165, 1.54) is 11.3 Å². The smallest absolute Gasteiger partial charge is 0.409 e. The largest absolute Gasteiger partial charge is 0.493 e. The molecule has 1 heterocycles. The Morgan fingerprint density at radius 2 is 2.04 bits per heavy atom. The van der Waals surface area contributed by atoms with Gasteiger partial charge in [0.2, 0.25) is 0 Å². The maximum atomic E-state index is 10.9. The first-order valence-electron chi connectivity index (χ1n) is 8.39. The molecule has 1 aromatic heterocycles. The molecule has 8 heteroatoms. The number of carboxylic acid groups (broad SMARTS) is 1. The van der Waals surface area contributed by atoms with Crippen LogP contribution >= 0.6 is 11.3 Å². The van der Waals surface area contributed by atoms with Crippen LogP contribution in [0.3, 0.4) is 0 Å². The van der Waals surface area contributed by atoms with Crippen LogP contribution in [-0.4, -0.2) is 37.2 Å². The van der Waals surface area contributed by atoms with Crippen molar-refractivity contribution in [3.8, 4) is 11.5 Å². The maximum absolute atomic E-state index is 10.9. The molecule has 7 nitrogen and oxygen atoms in total. The van der Waals surface area contributed by atoms with Crippen LogP contribution in [0.25, 0.3) is 22.4 Å². The molecule has 0 spiro atoms. The summed E-state index contributed by atoms with van der Waals surface area (Å²) in [5.74, 6) is 1.22. The van der Waals surface area contributed by atoms with Crippen molar-refractivity contribution in [2.45, 2.75) is 6.92 Å². The van der Waals surface area contributed by atoms with Crippen LogP contribution in [0.5, 0.6) is 11.5 Å². The topological polar surface area (TPSA) is 89.9 Å². The molecule has 0 saturated carbocycles. The molecule has 3 aromatic rings. The normalized spacial score (nSPS) is 11.1. The highest BCUT2D eigenvalue weighted by molar-refractivity contribution is 7.19. The highest BCUT2D eigenvalue weighted by Gasteiger charge is 2.09. The average molecular weight is 400 g/mol. The average Bonchev–Trinajstić information content (AvgIpc) is 3.06. The Balaban J connectivity index is 1.83. The number of ether oxygens (including phenoxy) is 3. The predicted octanol–water partition coefficient (Wildman–Crippen LogP) is 4.86. The number of fused-ring (bicyclic) bond motifs is 1. The molecular formula is C20H20N2O5S. The molecule has 0 radical (unpaired) electrons. The number of amides is 1. The molecule has 146 valence electrons. The number of hydrogen-bond donors (Lipinski definition) is 2. The number of nitrogens with zero attached hydrogens (tertiary/aromatic N) is 1. The minimum Gasteiger partial charge on any atom is -0.493 e. The molecule has 0 saturated heterocycles. The number of thiazole rings is 1. The predicted molar refractivity (Wildman–Crippen MR) is 110 cm³/mol. The van der Waals surface area contributed by atoms with Gasteiger partial charge in [0.1, 0.15) is 5.01 Å². The van der Waals surface area contributed by atoms with Crippen LogP contribution in [0.1, 0.15) is 16.1 Å². The van der Waals surface area contributed by atoms with Gasteiger partial charge in [-0.25, -0.2) is 9.78 Å². The summed E-state index contributed by atoms with van der Waals surface area (Å²) >= 11 is 1.49. The van der Waals surface area contributed by atoms with Crippen molar-refractivity contribution in [1.29, 1.82) is 0 Å². The van der Waals surface area contributed by atoms with Crippen molar-refractivity contribution >= 4 is 45.5 Å². The fourth-order valence-electron chi connectivity index (χ4n) is 2.61. The minimum absolute atomic E-state index is 0.148. The van der Waals surface area contributed by atoms with E-state index in [4.69, 9.17) is 19.3 Å². The number of hydrogen-bond acceptors (Lipinski definition) is 6. The quantitative estimate of drug-likeness (QED) is 0.551. The van der Waals surface area contributed by atoms with Gasteiger partial charge >= 0.3 is 6.09 Å². The molecule has 0 aliphatic heterocycles. The van der Waals surface area contributed by atoms with Crippen molar-refractivity contribution < 1.29 is 24.1 Å². The van der Waals surface area contributed by atoms with Gasteiger partial charge in [-0.3, -0.25) is 5.32 Å². The van der Waals surface area contributed by atoms with E-state index in [-0.39, 0.29) is 6.79 Å². The molecule has 0 atom stereocenters. The van der Waals surface area contributed by atoms with E-state index in [0.717, 1.165) is 26.4 Å². The molecule has 28 heavy (non-hydrogen) atoms. The number of carbonyl (C=O) groups is 1. The molecule has 3 rings (SSSR count). The molecule has 0 bridgehead atoms.